The number of pyridine rings is 1. The topological polar surface area (TPSA) is 87.0 Å². The molecule has 3 aromatic rings. The summed E-state index contributed by atoms with van der Waals surface area (Å²) < 4.78 is 18.9. The molecule has 0 saturated heterocycles. The van der Waals surface area contributed by atoms with E-state index in [4.69, 9.17) is 14.2 Å². The second kappa shape index (κ2) is 6.49. The van der Waals surface area contributed by atoms with E-state index in [-0.39, 0.29) is 5.43 Å². The van der Waals surface area contributed by atoms with Crippen molar-refractivity contribution in [3.05, 3.63) is 46.1 Å². The van der Waals surface area contributed by atoms with Gasteiger partial charge >= 0.3 is 5.97 Å². The summed E-state index contributed by atoms with van der Waals surface area (Å²) in [4.78, 5) is 25.0. The minimum atomic E-state index is -1.18. The smallest absolute Gasteiger partial charge is 0.303 e. The Hall–Kier alpha value is -3.06. The van der Waals surface area contributed by atoms with E-state index in [0.29, 0.717) is 38.9 Å². The second-order valence-electron chi connectivity index (χ2n) is 7.80. The van der Waals surface area contributed by atoms with Crippen molar-refractivity contribution in [3.8, 4) is 11.5 Å². The molecular weight excluding hydrogens is 374 g/mol. The summed E-state index contributed by atoms with van der Waals surface area (Å²) in [5, 5.41) is 12.1. The number of para-hydroxylation sites is 1. The molecule has 0 spiro atoms. The predicted octanol–water partition coefficient (Wildman–Crippen LogP) is 2.84. The van der Waals surface area contributed by atoms with Gasteiger partial charge in [0, 0.05) is 25.4 Å². The SMILES string of the molecule is COc1cc2c(c3c1c(=O)c1ccccc1n3C)[C@H](O)[C@H](OC(C)=O)C(C)(C)O2. The van der Waals surface area contributed by atoms with Gasteiger partial charge in [0.25, 0.3) is 0 Å². The van der Waals surface area contributed by atoms with Crippen molar-refractivity contribution in [1.29, 1.82) is 0 Å². The summed E-state index contributed by atoms with van der Waals surface area (Å²) in [6.07, 6.45) is -2.12. The van der Waals surface area contributed by atoms with E-state index in [1.165, 1.54) is 14.0 Å². The minimum Gasteiger partial charge on any atom is -0.496 e. The summed E-state index contributed by atoms with van der Waals surface area (Å²) in [5.41, 5.74) is 0.419. The molecule has 2 atom stereocenters. The van der Waals surface area contributed by atoms with Crippen molar-refractivity contribution in [1.82, 2.24) is 4.57 Å². The maximum Gasteiger partial charge on any atom is 0.303 e. The lowest BCUT2D eigenvalue weighted by Gasteiger charge is -2.42. The van der Waals surface area contributed by atoms with Crippen molar-refractivity contribution in [2.24, 2.45) is 7.05 Å². The molecule has 0 saturated carbocycles. The molecule has 152 valence electrons. The average Bonchev–Trinajstić information content (AvgIpc) is 2.67. The van der Waals surface area contributed by atoms with E-state index in [2.05, 4.69) is 0 Å². The van der Waals surface area contributed by atoms with E-state index in [1.54, 1.807) is 32.0 Å². The fourth-order valence-electron chi connectivity index (χ4n) is 4.21. The number of aromatic nitrogens is 1. The quantitative estimate of drug-likeness (QED) is 0.529. The molecule has 7 heteroatoms. The lowest BCUT2D eigenvalue weighted by atomic mass is 9.86. The molecular formula is C22H23NO6. The number of hydrogen-bond acceptors (Lipinski definition) is 6. The van der Waals surface area contributed by atoms with Crippen LogP contribution in [0.1, 0.15) is 32.4 Å². The molecule has 1 N–H and O–H groups in total. The van der Waals surface area contributed by atoms with Gasteiger partial charge in [-0.2, -0.15) is 0 Å². The number of carbonyl (C=O) groups excluding carboxylic acids is 1. The number of aryl methyl sites for hydroxylation is 1. The van der Waals surface area contributed by atoms with Crippen LogP contribution >= 0.6 is 0 Å². The molecule has 0 unspecified atom stereocenters. The number of fused-ring (bicyclic) bond motifs is 4. The number of esters is 1. The highest BCUT2D eigenvalue weighted by Gasteiger charge is 2.47. The molecule has 0 amide bonds. The molecule has 0 radical (unpaired) electrons. The zero-order valence-electron chi connectivity index (χ0n) is 17.0. The third-order valence-corrected chi connectivity index (χ3v) is 5.49. The predicted molar refractivity (Wildman–Crippen MR) is 108 cm³/mol. The molecule has 2 aromatic carbocycles. The van der Waals surface area contributed by atoms with Gasteiger partial charge < -0.3 is 23.9 Å². The van der Waals surface area contributed by atoms with Gasteiger partial charge in [-0.05, 0) is 26.0 Å². The van der Waals surface area contributed by atoms with E-state index >= 15 is 0 Å². The number of nitrogens with zero attached hydrogens (tertiary/aromatic N) is 1. The number of rotatable bonds is 2. The van der Waals surface area contributed by atoms with Crippen LogP contribution < -0.4 is 14.9 Å². The first-order valence-corrected chi connectivity index (χ1v) is 9.34. The highest BCUT2D eigenvalue weighted by Crippen LogP contribution is 2.47. The number of ether oxygens (including phenoxy) is 3. The van der Waals surface area contributed by atoms with Crippen LogP contribution in [0.4, 0.5) is 0 Å². The molecule has 1 aliphatic heterocycles. The Morgan fingerprint density at radius 1 is 1.28 bits per heavy atom. The van der Waals surface area contributed by atoms with Crippen molar-refractivity contribution < 1.29 is 24.1 Å². The van der Waals surface area contributed by atoms with Crippen molar-refractivity contribution in [3.63, 3.8) is 0 Å². The number of carbonyl (C=O) groups is 1. The first kappa shape index (κ1) is 19.3. The Labute approximate surface area is 167 Å². The van der Waals surface area contributed by atoms with Gasteiger partial charge in [0.15, 0.2) is 6.10 Å². The summed E-state index contributed by atoms with van der Waals surface area (Å²) in [7, 11) is 3.30. The van der Waals surface area contributed by atoms with Crippen LogP contribution in [-0.4, -0.2) is 34.5 Å². The van der Waals surface area contributed by atoms with Crippen molar-refractivity contribution in [2.45, 2.75) is 38.6 Å². The summed E-state index contributed by atoms with van der Waals surface area (Å²) in [5.74, 6) is 0.228. The maximum atomic E-state index is 13.3. The van der Waals surface area contributed by atoms with Gasteiger partial charge in [-0.25, -0.2) is 0 Å². The van der Waals surface area contributed by atoms with Gasteiger partial charge in [-0.1, -0.05) is 12.1 Å². The molecule has 1 aliphatic rings. The van der Waals surface area contributed by atoms with E-state index in [0.717, 1.165) is 0 Å². The fourth-order valence-corrected chi connectivity index (χ4v) is 4.21. The molecule has 2 heterocycles. The van der Waals surface area contributed by atoms with Crippen molar-refractivity contribution in [2.75, 3.05) is 7.11 Å². The number of aliphatic hydroxyl groups excluding tert-OH is 1. The van der Waals surface area contributed by atoms with Gasteiger partial charge in [0.1, 0.15) is 23.2 Å². The van der Waals surface area contributed by atoms with E-state index in [1.807, 2.05) is 23.7 Å². The van der Waals surface area contributed by atoms with Gasteiger partial charge in [0.05, 0.1) is 29.1 Å². The highest BCUT2D eigenvalue weighted by molar-refractivity contribution is 5.99. The van der Waals surface area contributed by atoms with Gasteiger partial charge in [-0.3, -0.25) is 9.59 Å². The largest absolute Gasteiger partial charge is 0.496 e. The Kier molecular flexibility index (Phi) is 4.31. The first-order valence-electron chi connectivity index (χ1n) is 9.34. The fraction of sp³-hybridized carbons (Fsp3) is 0.364. The Bertz CT molecular complexity index is 1210. The first-order chi connectivity index (χ1) is 13.7. The minimum absolute atomic E-state index is 0.200. The molecule has 0 bridgehead atoms. The van der Waals surface area contributed by atoms with Crippen molar-refractivity contribution >= 4 is 27.8 Å². The number of methoxy groups -OCH3 is 1. The van der Waals surface area contributed by atoms with Crippen LogP contribution in [0.2, 0.25) is 0 Å². The summed E-state index contributed by atoms with van der Waals surface area (Å²) in [6.45, 7) is 4.76. The van der Waals surface area contributed by atoms with E-state index in [9.17, 15) is 14.7 Å². The van der Waals surface area contributed by atoms with Crippen LogP contribution in [-0.2, 0) is 16.6 Å². The summed E-state index contributed by atoms with van der Waals surface area (Å²) in [6, 6.07) is 8.86. The van der Waals surface area contributed by atoms with Crippen LogP contribution in [0, 0.1) is 0 Å². The molecule has 0 aliphatic carbocycles. The summed E-state index contributed by atoms with van der Waals surface area (Å²) >= 11 is 0. The van der Waals surface area contributed by atoms with Crippen LogP contribution in [0.25, 0.3) is 21.8 Å². The molecule has 29 heavy (non-hydrogen) atoms. The molecule has 0 fully saturated rings. The van der Waals surface area contributed by atoms with E-state index < -0.39 is 23.8 Å². The maximum absolute atomic E-state index is 13.3. The number of benzene rings is 2. The lowest BCUT2D eigenvalue weighted by molar-refractivity contribution is -0.174. The zero-order chi connectivity index (χ0) is 21.1. The average molecular weight is 397 g/mol. The van der Waals surface area contributed by atoms with Gasteiger partial charge in [0.2, 0.25) is 5.43 Å². The molecule has 4 rings (SSSR count). The zero-order valence-corrected chi connectivity index (χ0v) is 17.0. The molecule has 1 aromatic heterocycles. The second-order valence-corrected chi connectivity index (χ2v) is 7.80. The lowest BCUT2D eigenvalue weighted by Crippen LogP contribution is -2.51. The van der Waals surface area contributed by atoms with Crippen LogP contribution in [0.15, 0.2) is 35.1 Å². The van der Waals surface area contributed by atoms with Gasteiger partial charge in [-0.15, -0.1) is 0 Å². The third-order valence-electron chi connectivity index (χ3n) is 5.49. The molecule has 7 nitrogen and oxygen atoms in total. The normalized spacial score (nSPS) is 20.2. The number of hydrogen-bond donors (Lipinski definition) is 1. The number of aliphatic hydroxyl groups is 1. The standard InChI is InChI=1S/C22H23NO6/c1-11(24)28-21-20(26)17-15(29-22(21,2)3)10-14(27-5)16-18(17)23(4)13-9-7-6-8-12(13)19(16)25/h6-10,20-21,26H,1-5H3/t20-,21-/m0/s1. The Balaban J connectivity index is 2.16. The van der Waals surface area contributed by atoms with Crippen LogP contribution in [0.3, 0.4) is 0 Å². The highest BCUT2D eigenvalue weighted by atomic mass is 16.6. The van der Waals surface area contributed by atoms with Crippen LogP contribution in [0.5, 0.6) is 11.5 Å². The Morgan fingerprint density at radius 3 is 2.62 bits per heavy atom. The Morgan fingerprint density at radius 2 is 1.97 bits per heavy atom. The monoisotopic (exact) mass is 397 g/mol. The third kappa shape index (κ3) is 2.76.